The number of rotatable bonds is 1. The Bertz CT molecular complexity index is 299. The first kappa shape index (κ1) is 9.97. The summed E-state index contributed by atoms with van der Waals surface area (Å²) in [6.07, 6.45) is 2.65. The second-order valence-electron chi connectivity index (χ2n) is 3.72. The molecule has 1 saturated heterocycles. The van der Waals surface area contributed by atoms with E-state index in [0.29, 0.717) is 0 Å². The second kappa shape index (κ2) is 4.30. The van der Waals surface area contributed by atoms with Gasteiger partial charge in [-0.15, -0.1) is 0 Å². The molecule has 0 radical (unpaired) electrons. The van der Waals surface area contributed by atoms with Crippen molar-refractivity contribution >= 4 is 11.6 Å². The van der Waals surface area contributed by atoms with Gasteiger partial charge in [0.25, 0.3) is 0 Å². The summed E-state index contributed by atoms with van der Waals surface area (Å²) in [5.41, 5.74) is 1.20. The van der Waals surface area contributed by atoms with Crippen LogP contribution in [0.5, 0.6) is 0 Å². The van der Waals surface area contributed by atoms with Crippen LogP contribution >= 0.6 is 11.6 Å². The number of aliphatic hydroxyl groups excluding tert-OH is 1. The van der Waals surface area contributed by atoms with Crippen molar-refractivity contribution in [3.8, 4) is 0 Å². The Hall–Kier alpha value is -0.570. The molecule has 14 heavy (non-hydrogen) atoms. The lowest BCUT2D eigenvalue weighted by atomic mass is 9.97. The fourth-order valence-corrected chi connectivity index (χ4v) is 2.00. The van der Waals surface area contributed by atoms with Gasteiger partial charge in [0.2, 0.25) is 0 Å². The Balaban J connectivity index is 2.10. The minimum absolute atomic E-state index is 0.274. The van der Waals surface area contributed by atoms with Gasteiger partial charge in [0.1, 0.15) is 6.23 Å². The van der Waals surface area contributed by atoms with Crippen molar-refractivity contribution in [2.45, 2.75) is 31.5 Å². The van der Waals surface area contributed by atoms with Gasteiger partial charge in [0.05, 0.1) is 0 Å². The average Bonchev–Trinajstić information content (AvgIpc) is 2.19. The lowest BCUT2D eigenvalue weighted by Gasteiger charge is -2.28. The fraction of sp³-hybridized carbons (Fsp3) is 0.455. The third kappa shape index (κ3) is 2.27. The van der Waals surface area contributed by atoms with E-state index in [-0.39, 0.29) is 12.3 Å². The average molecular weight is 212 g/mol. The van der Waals surface area contributed by atoms with E-state index in [0.717, 1.165) is 24.3 Å². The van der Waals surface area contributed by atoms with E-state index >= 15 is 0 Å². The van der Waals surface area contributed by atoms with Crippen molar-refractivity contribution in [2.24, 2.45) is 0 Å². The van der Waals surface area contributed by atoms with E-state index in [1.807, 2.05) is 24.3 Å². The number of nitrogens with one attached hydrogen (secondary N) is 1. The molecule has 1 aliphatic heterocycles. The van der Waals surface area contributed by atoms with E-state index < -0.39 is 0 Å². The van der Waals surface area contributed by atoms with Crippen LogP contribution in [0.15, 0.2) is 24.3 Å². The summed E-state index contributed by atoms with van der Waals surface area (Å²) in [7, 11) is 0. The van der Waals surface area contributed by atoms with Gasteiger partial charge in [-0.3, -0.25) is 5.32 Å². The van der Waals surface area contributed by atoms with Crippen LogP contribution in [0.25, 0.3) is 0 Å². The first-order valence-corrected chi connectivity index (χ1v) is 5.33. The molecule has 2 atom stereocenters. The maximum Gasteiger partial charge on any atom is 0.105 e. The highest BCUT2D eigenvalue weighted by atomic mass is 35.5. The van der Waals surface area contributed by atoms with Crippen LogP contribution in [0.3, 0.4) is 0 Å². The number of halogens is 1. The molecular formula is C11H14ClNO. The maximum absolute atomic E-state index is 9.46. The summed E-state index contributed by atoms with van der Waals surface area (Å²) in [5, 5.41) is 13.4. The molecule has 1 aromatic rings. The first-order valence-electron chi connectivity index (χ1n) is 4.95. The molecule has 76 valence electrons. The predicted octanol–water partition coefficient (Wildman–Crippen LogP) is 2.47. The monoisotopic (exact) mass is 211 g/mol. The molecule has 0 amide bonds. The zero-order chi connectivity index (χ0) is 9.97. The van der Waals surface area contributed by atoms with E-state index in [4.69, 9.17) is 11.6 Å². The summed E-state index contributed by atoms with van der Waals surface area (Å²) in [6.45, 7) is 0. The molecule has 0 aromatic heterocycles. The van der Waals surface area contributed by atoms with Gasteiger partial charge in [-0.1, -0.05) is 23.7 Å². The van der Waals surface area contributed by atoms with Crippen molar-refractivity contribution < 1.29 is 5.11 Å². The van der Waals surface area contributed by atoms with E-state index in [2.05, 4.69) is 5.32 Å². The van der Waals surface area contributed by atoms with E-state index in [9.17, 15) is 5.11 Å². The SMILES string of the molecule is OC1CCCC(c2ccc(Cl)cc2)N1. The first-order chi connectivity index (χ1) is 6.75. The Morgan fingerprint density at radius 1 is 1.21 bits per heavy atom. The molecule has 2 N–H and O–H groups in total. The molecule has 1 fully saturated rings. The Morgan fingerprint density at radius 2 is 1.93 bits per heavy atom. The second-order valence-corrected chi connectivity index (χ2v) is 4.15. The smallest absolute Gasteiger partial charge is 0.105 e. The minimum Gasteiger partial charge on any atom is -0.379 e. The van der Waals surface area contributed by atoms with Gasteiger partial charge >= 0.3 is 0 Å². The van der Waals surface area contributed by atoms with Crippen molar-refractivity contribution in [3.63, 3.8) is 0 Å². The van der Waals surface area contributed by atoms with Crippen LogP contribution in [-0.2, 0) is 0 Å². The quantitative estimate of drug-likeness (QED) is 0.748. The van der Waals surface area contributed by atoms with Crippen molar-refractivity contribution in [3.05, 3.63) is 34.9 Å². The lowest BCUT2D eigenvalue weighted by Crippen LogP contribution is -2.36. The Morgan fingerprint density at radius 3 is 2.57 bits per heavy atom. The summed E-state index contributed by atoms with van der Waals surface area (Å²) in [4.78, 5) is 0. The van der Waals surface area contributed by atoms with Crippen LogP contribution in [0.4, 0.5) is 0 Å². The Labute approximate surface area is 88.9 Å². The van der Waals surface area contributed by atoms with Gasteiger partial charge in [-0.2, -0.15) is 0 Å². The topological polar surface area (TPSA) is 32.3 Å². The molecular weight excluding hydrogens is 198 g/mol. The summed E-state index contributed by atoms with van der Waals surface area (Å²) in [5.74, 6) is 0. The van der Waals surface area contributed by atoms with Crippen molar-refractivity contribution in [1.29, 1.82) is 0 Å². The fourth-order valence-electron chi connectivity index (χ4n) is 1.87. The number of piperidine rings is 1. The van der Waals surface area contributed by atoms with E-state index in [1.54, 1.807) is 0 Å². The molecule has 2 unspecified atom stereocenters. The van der Waals surface area contributed by atoms with Crippen molar-refractivity contribution in [1.82, 2.24) is 5.32 Å². The van der Waals surface area contributed by atoms with Gasteiger partial charge < -0.3 is 5.11 Å². The maximum atomic E-state index is 9.46. The van der Waals surface area contributed by atoms with Crippen LogP contribution in [0.1, 0.15) is 30.9 Å². The largest absolute Gasteiger partial charge is 0.379 e. The molecule has 0 saturated carbocycles. The van der Waals surface area contributed by atoms with Crippen LogP contribution in [0.2, 0.25) is 5.02 Å². The molecule has 3 heteroatoms. The predicted molar refractivity (Wildman–Crippen MR) is 57.2 cm³/mol. The summed E-state index contributed by atoms with van der Waals surface area (Å²) in [6, 6.07) is 8.07. The molecule has 0 spiro atoms. The molecule has 2 rings (SSSR count). The standard InChI is InChI=1S/C11H14ClNO/c12-9-6-4-8(5-7-9)10-2-1-3-11(14)13-10/h4-7,10-11,13-14H,1-3H2. The zero-order valence-electron chi connectivity index (χ0n) is 7.91. The van der Waals surface area contributed by atoms with Gasteiger partial charge in [0, 0.05) is 11.1 Å². The summed E-state index contributed by atoms with van der Waals surface area (Å²) < 4.78 is 0. The van der Waals surface area contributed by atoms with Crippen LogP contribution in [0, 0.1) is 0 Å². The number of aliphatic hydroxyl groups is 1. The van der Waals surface area contributed by atoms with Crippen molar-refractivity contribution in [2.75, 3.05) is 0 Å². The van der Waals surface area contributed by atoms with Gasteiger partial charge in [-0.05, 0) is 37.0 Å². The normalized spacial score (nSPS) is 27.6. The molecule has 1 aliphatic rings. The highest BCUT2D eigenvalue weighted by molar-refractivity contribution is 6.30. The molecule has 1 heterocycles. The zero-order valence-corrected chi connectivity index (χ0v) is 8.67. The molecule has 1 aromatic carbocycles. The van der Waals surface area contributed by atoms with E-state index in [1.165, 1.54) is 5.56 Å². The minimum atomic E-state index is -0.357. The molecule has 2 nitrogen and oxygen atoms in total. The van der Waals surface area contributed by atoms with Gasteiger partial charge in [0.15, 0.2) is 0 Å². The molecule has 0 aliphatic carbocycles. The van der Waals surface area contributed by atoms with Crippen LogP contribution in [-0.4, -0.2) is 11.3 Å². The molecule has 0 bridgehead atoms. The third-order valence-electron chi connectivity index (χ3n) is 2.64. The summed E-state index contributed by atoms with van der Waals surface area (Å²) >= 11 is 5.81. The highest BCUT2D eigenvalue weighted by Gasteiger charge is 2.19. The number of hydrogen-bond acceptors (Lipinski definition) is 2. The number of benzene rings is 1. The lowest BCUT2D eigenvalue weighted by molar-refractivity contribution is 0.0852. The third-order valence-corrected chi connectivity index (χ3v) is 2.89. The van der Waals surface area contributed by atoms with Crippen LogP contribution < -0.4 is 5.32 Å². The highest BCUT2D eigenvalue weighted by Crippen LogP contribution is 2.25. The number of hydrogen-bond donors (Lipinski definition) is 2. The van der Waals surface area contributed by atoms with Gasteiger partial charge in [-0.25, -0.2) is 0 Å². The Kier molecular flexibility index (Phi) is 3.06.